The molecule has 0 radical (unpaired) electrons. The smallest absolute Gasteiger partial charge is 1.00 e. The second kappa shape index (κ2) is 8.73. The van der Waals surface area contributed by atoms with Crippen LogP contribution in [0, 0.1) is 5.41 Å². The molecule has 6 heteroatoms. The van der Waals surface area contributed by atoms with Crippen molar-refractivity contribution in [1.82, 2.24) is 5.32 Å². The summed E-state index contributed by atoms with van der Waals surface area (Å²) >= 11 is 0. The first kappa shape index (κ1) is 18.0. The number of carbonyl (C=O) groups is 1. The van der Waals surface area contributed by atoms with Crippen LogP contribution in [-0.4, -0.2) is 84.8 Å². The summed E-state index contributed by atoms with van der Waals surface area (Å²) < 4.78 is 0. The molecule has 0 bridgehead atoms. The van der Waals surface area contributed by atoms with Gasteiger partial charge in [-0.15, -0.1) is 0 Å². The van der Waals surface area contributed by atoms with E-state index in [0.717, 1.165) is 0 Å². The summed E-state index contributed by atoms with van der Waals surface area (Å²) in [6.07, 6.45) is -0.774. The Morgan fingerprint density at radius 3 is 2.40 bits per heavy atom. The van der Waals surface area contributed by atoms with Crippen molar-refractivity contribution < 1.29 is 23.0 Å². The van der Waals surface area contributed by atoms with E-state index < -0.39 is 17.4 Å². The Morgan fingerprint density at radius 1 is 1.47 bits per heavy atom. The number of hydrogen-bond acceptors (Lipinski definition) is 4. The van der Waals surface area contributed by atoms with Gasteiger partial charge in [-0.3, -0.25) is 4.79 Å². The Labute approximate surface area is 123 Å². The number of carbonyl (C=O) groups excluding carboxylic acids is 1. The molecule has 0 aliphatic rings. The van der Waals surface area contributed by atoms with Crippen LogP contribution in [-0.2, 0) is 4.79 Å². The van der Waals surface area contributed by atoms with Crippen molar-refractivity contribution in [2.75, 3.05) is 19.8 Å². The van der Waals surface area contributed by atoms with Crippen LogP contribution in [0.3, 0.4) is 0 Å². The molecule has 0 aromatic rings. The fourth-order valence-electron chi connectivity index (χ4n) is 0.829. The molecule has 0 saturated carbocycles. The molecule has 1 amide bonds. The predicted molar refractivity (Wildman–Crippen MR) is 59.6 cm³/mol. The number of aliphatic hydroxyl groups is 3. The van der Waals surface area contributed by atoms with Crippen molar-refractivity contribution in [2.24, 2.45) is 5.41 Å². The number of rotatable bonds is 6. The number of amides is 1. The first-order chi connectivity index (χ1) is 6.45. The summed E-state index contributed by atoms with van der Waals surface area (Å²) in [5.74, 6) is -0.516. The average Bonchev–Trinajstić information content (AvgIpc) is 2.17. The number of nitrogens with one attached hydrogen (secondary N) is 1. The third-order valence-electron chi connectivity index (χ3n) is 2.03. The molecule has 4 N–H and O–H groups in total. The largest absolute Gasteiger partial charge is 2.00 e. The van der Waals surface area contributed by atoms with Gasteiger partial charge < -0.3 is 23.5 Å². The van der Waals surface area contributed by atoms with Gasteiger partial charge in [0.05, 0.1) is 6.61 Å². The molecular formula is C9H21CaNO4. The van der Waals surface area contributed by atoms with E-state index in [1.165, 1.54) is 0 Å². The van der Waals surface area contributed by atoms with E-state index >= 15 is 0 Å². The van der Waals surface area contributed by atoms with Gasteiger partial charge in [-0.05, 0) is 6.42 Å². The molecule has 0 spiro atoms. The molecule has 15 heavy (non-hydrogen) atoms. The summed E-state index contributed by atoms with van der Waals surface area (Å²) in [6, 6.07) is 0. The van der Waals surface area contributed by atoms with Crippen LogP contribution < -0.4 is 5.32 Å². The van der Waals surface area contributed by atoms with Gasteiger partial charge in [0.2, 0.25) is 5.91 Å². The first-order valence-electron chi connectivity index (χ1n) is 4.63. The topological polar surface area (TPSA) is 89.8 Å². The first-order valence-corrected chi connectivity index (χ1v) is 4.63. The average molecular weight is 247 g/mol. The molecule has 1 unspecified atom stereocenters. The van der Waals surface area contributed by atoms with Crippen molar-refractivity contribution in [2.45, 2.75) is 26.4 Å². The van der Waals surface area contributed by atoms with Gasteiger partial charge in [-0.2, -0.15) is 0 Å². The standard InChI is InChI=1S/C9H19NO4.Ca.2H/c1-9(2,6-12)7(13)8(14)10-4-3-5-11;;;/h7,11-13H,3-6H2,1-2H3,(H,10,14);;;/q;+2;2*-1. The predicted octanol–water partition coefficient (Wildman–Crippen LogP) is -1.29. The second-order valence-corrected chi connectivity index (χ2v) is 3.92. The van der Waals surface area contributed by atoms with Gasteiger partial charge in [-0.25, -0.2) is 0 Å². The molecule has 88 valence electrons. The molecular weight excluding hydrogens is 226 g/mol. The Bertz CT molecular complexity index is 196. The fourth-order valence-corrected chi connectivity index (χ4v) is 0.829. The second-order valence-electron chi connectivity index (χ2n) is 3.92. The summed E-state index contributed by atoms with van der Waals surface area (Å²) in [6.45, 7) is 3.27. The Balaban J connectivity index is -0.000000282. The van der Waals surface area contributed by atoms with Gasteiger partial charge in [0, 0.05) is 18.6 Å². The van der Waals surface area contributed by atoms with Gasteiger partial charge in [-0.1, -0.05) is 13.8 Å². The van der Waals surface area contributed by atoms with Crippen molar-refractivity contribution >= 4 is 43.6 Å². The van der Waals surface area contributed by atoms with E-state index in [-0.39, 0.29) is 53.8 Å². The third-order valence-corrected chi connectivity index (χ3v) is 2.03. The van der Waals surface area contributed by atoms with Gasteiger partial charge in [0.15, 0.2) is 0 Å². The summed E-state index contributed by atoms with van der Waals surface area (Å²) in [7, 11) is 0. The maximum absolute atomic E-state index is 11.3. The fraction of sp³-hybridized carbons (Fsp3) is 0.889. The maximum Gasteiger partial charge on any atom is 2.00 e. The summed E-state index contributed by atoms with van der Waals surface area (Å²) in [4.78, 5) is 11.3. The molecule has 0 aliphatic heterocycles. The van der Waals surface area contributed by atoms with Crippen LogP contribution in [0.1, 0.15) is 23.1 Å². The van der Waals surface area contributed by atoms with E-state index in [1.807, 2.05) is 0 Å². The van der Waals surface area contributed by atoms with Crippen LogP contribution in [0.15, 0.2) is 0 Å². The van der Waals surface area contributed by atoms with E-state index in [4.69, 9.17) is 10.2 Å². The van der Waals surface area contributed by atoms with Crippen molar-refractivity contribution in [3.05, 3.63) is 0 Å². The number of hydrogen-bond donors (Lipinski definition) is 4. The molecule has 0 aliphatic carbocycles. The minimum atomic E-state index is -1.23. The molecule has 0 saturated heterocycles. The minimum Gasteiger partial charge on any atom is -1.00 e. The van der Waals surface area contributed by atoms with E-state index in [9.17, 15) is 9.90 Å². The van der Waals surface area contributed by atoms with Crippen LogP contribution in [0.5, 0.6) is 0 Å². The van der Waals surface area contributed by atoms with Crippen LogP contribution >= 0.6 is 0 Å². The van der Waals surface area contributed by atoms with E-state index in [1.54, 1.807) is 13.8 Å². The van der Waals surface area contributed by atoms with Gasteiger partial charge in [0.1, 0.15) is 6.10 Å². The molecule has 0 heterocycles. The van der Waals surface area contributed by atoms with Gasteiger partial charge in [0.25, 0.3) is 0 Å². The van der Waals surface area contributed by atoms with Crippen molar-refractivity contribution in [3.8, 4) is 0 Å². The maximum atomic E-state index is 11.3. The zero-order chi connectivity index (χ0) is 11.2. The van der Waals surface area contributed by atoms with Crippen LogP contribution in [0.2, 0.25) is 0 Å². The quantitative estimate of drug-likeness (QED) is 0.347. The molecule has 0 aromatic heterocycles. The third kappa shape index (κ3) is 6.71. The van der Waals surface area contributed by atoms with Crippen LogP contribution in [0.4, 0.5) is 0 Å². The molecule has 1 atom stereocenters. The zero-order valence-corrected chi connectivity index (χ0v) is 11.6. The Morgan fingerprint density at radius 2 is 2.00 bits per heavy atom. The number of aliphatic hydroxyl groups excluding tert-OH is 3. The normalized spacial score (nSPS) is 12.9. The van der Waals surface area contributed by atoms with Crippen molar-refractivity contribution in [3.63, 3.8) is 0 Å². The molecule has 0 fully saturated rings. The molecule has 5 nitrogen and oxygen atoms in total. The van der Waals surface area contributed by atoms with E-state index in [2.05, 4.69) is 5.32 Å². The molecule has 0 rings (SSSR count). The summed E-state index contributed by atoms with van der Waals surface area (Å²) in [5.41, 5.74) is -0.844. The Hall–Kier alpha value is 0.610. The van der Waals surface area contributed by atoms with Gasteiger partial charge >= 0.3 is 37.7 Å². The monoisotopic (exact) mass is 247 g/mol. The van der Waals surface area contributed by atoms with E-state index in [0.29, 0.717) is 13.0 Å². The zero-order valence-electron chi connectivity index (χ0n) is 11.4. The SMILES string of the molecule is CC(C)(CO)C(O)C(=O)NCCCO.[Ca+2].[H-].[H-]. The van der Waals surface area contributed by atoms with Crippen LogP contribution in [0.25, 0.3) is 0 Å². The Kier molecular flexibility index (Phi) is 10.5. The molecule has 0 aromatic carbocycles. The minimum absolute atomic E-state index is 0. The van der Waals surface area contributed by atoms with Crippen molar-refractivity contribution in [1.29, 1.82) is 0 Å². The summed E-state index contributed by atoms with van der Waals surface area (Å²) in [5, 5.41) is 29.3.